The van der Waals surface area contributed by atoms with Crippen molar-refractivity contribution in [3.05, 3.63) is 23.3 Å². The molecule has 88 valence electrons. The van der Waals surface area contributed by atoms with Crippen LogP contribution in [0.1, 0.15) is 36.2 Å². The van der Waals surface area contributed by atoms with Crippen LogP contribution in [0.4, 0.5) is 5.69 Å². The van der Waals surface area contributed by atoms with Crippen LogP contribution in [-0.4, -0.2) is 12.9 Å². The third kappa shape index (κ3) is 2.35. The van der Waals surface area contributed by atoms with Gasteiger partial charge in [-0.05, 0) is 31.0 Å². The molecule has 2 N–H and O–H groups in total. The van der Waals surface area contributed by atoms with Gasteiger partial charge < -0.3 is 10.5 Å². The number of aryl methyl sites for hydroxylation is 1. The Kier molecular flexibility index (Phi) is 3.93. The normalized spacial score (nSPS) is 12.2. The minimum atomic E-state index is -0.00490. The van der Waals surface area contributed by atoms with Crippen LogP contribution < -0.4 is 10.5 Å². The van der Waals surface area contributed by atoms with Crippen molar-refractivity contribution in [3.63, 3.8) is 0 Å². The number of ketones is 1. The van der Waals surface area contributed by atoms with Gasteiger partial charge in [-0.1, -0.05) is 13.8 Å². The molecular formula is C13H19NO2. The number of carbonyl (C=O) groups excluding carboxylic acids is 1. The summed E-state index contributed by atoms with van der Waals surface area (Å²) in [7, 11) is 1.59. The van der Waals surface area contributed by atoms with Crippen molar-refractivity contribution >= 4 is 11.5 Å². The Morgan fingerprint density at radius 3 is 2.62 bits per heavy atom. The molecule has 1 rings (SSSR count). The Labute approximate surface area is 96.6 Å². The van der Waals surface area contributed by atoms with Crippen LogP contribution in [0.3, 0.4) is 0 Å². The number of anilines is 1. The van der Waals surface area contributed by atoms with E-state index in [-0.39, 0.29) is 11.7 Å². The van der Waals surface area contributed by atoms with E-state index < -0.39 is 0 Å². The number of benzene rings is 1. The van der Waals surface area contributed by atoms with Crippen molar-refractivity contribution in [2.75, 3.05) is 12.8 Å². The fourth-order valence-corrected chi connectivity index (χ4v) is 1.59. The molecule has 0 fully saturated rings. The van der Waals surface area contributed by atoms with Crippen molar-refractivity contribution in [1.82, 2.24) is 0 Å². The minimum absolute atomic E-state index is 0.00490. The predicted molar refractivity (Wildman–Crippen MR) is 65.9 cm³/mol. The van der Waals surface area contributed by atoms with Gasteiger partial charge in [-0.15, -0.1) is 0 Å². The van der Waals surface area contributed by atoms with Crippen molar-refractivity contribution in [3.8, 4) is 5.75 Å². The molecule has 0 aliphatic carbocycles. The molecule has 0 amide bonds. The summed E-state index contributed by atoms with van der Waals surface area (Å²) in [6, 6.07) is 3.52. The van der Waals surface area contributed by atoms with Gasteiger partial charge in [0.05, 0.1) is 7.11 Å². The molecule has 1 aromatic rings. The maximum Gasteiger partial charge on any atom is 0.167 e. The molecule has 1 atom stereocenters. The first kappa shape index (κ1) is 12.6. The standard InChI is InChI=1S/C13H19NO2/c1-5-8(2)13(15)10-7-12(16-4)9(3)6-11(10)14/h6-8H,5,14H2,1-4H3. The van der Waals surface area contributed by atoms with Crippen molar-refractivity contribution < 1.29 is 9.53 Å². The van der Waals surface area contributed by atoms with E-state index in [0.717, 1.165) is 12.0 Å². The van der Waals surface area contributed by atoms with E-state index >= 15 is 0 Å². The first-order chi connectivity index (χ1) is 7.51. The second kappa shape index (κ2) is 5.01. The van der Waals surface area contributed by atoms with Gasteiger partial charge >= 0.3 is 0 Å². The Morgan fingerprint density at radius 2 is 2.12 bits per heavy atom. The predicted octanol–water partition coefficient (Wildman–Crippen LogP) is 2.81. The lowest BCUT2D eigenvalue weighted by atomic mass is 9.95. The first-order valence-electron chi connectivity index (χ1n) is 5.49. The lowest BCUT2D eigenvalue weighted by Crippen LogP contribution is -2.13. The topological polar surface area (TPSA) is 52.3 Å². The molecule has 1 aromatic carbocycles. The van der Waals surface area contributed by atoms with Gasteiger partial charge in [0, 0.05) is 17.2 Å². The molecule has 3 nitrogen and oxygen atoms in total. The van der Waals surface area contributed by atoms with E-state index in [0.29, 0.717) is 17.0 Å². The number of nitrogen functional groups attached to an aromatic ring is 1. The van der Waals surface area contributed by atoms with Crippen LogP contribution in [0, 0.1) is 12.8 Å². The number of carbonyl (C=O) groups is 1. The summed E-state index contributed by atoms with van der Waals surface area (Å²) in [4.78, 5) is 12.0. The van der Waals surface area contributed by atoms with Crippen LogP contribution in [0.25, 0.3) is 0 Å². The molecule has 0 heterocycles. The third-order valence-electron chi connectivity index (χ3n) is 2.89. The molecule has 0 spiro atoms. The van der Waals surface area contributed by atoms with Gasteiger partial charge in [-0.2, -0.15) is 0 Å². The molecule has 0 saturated heterocycles. The fraction of sp³-hybridized carbons (Fsp3) is 0.462. The smallest absolute Gasteiger partial charge is 0.167 e. The number of ether oxygens (including phenoxy) is 1. The number of hydrogen-bond donors (Lipinski definition) is 1. The summed E-state index contributed by atoms with van der Waals surface area (Å²) >= 11 is 0. The summed E-state index contributed by atoms with van der Waals surface area (Å²) in [6.45, 7) is 5.81. The van der Waals surface area contributed by atoms with Crippen molar-refractivity contribution in [1.29, 1.82) is 0 Å². The summed E-state index contributed by atoms with van der Waals surface area (Å²) in [5.74, 6) is 0.786. The summed E-state index contributed by atoms with van der Waals surface area (Å²) in [6.07, 6.45) is 0.814. The van der Waals surface area contributed by atoms with E-state index in [1.807, 2.05) is 20.8 Å². The highest BCUT2D eigenvalue weighted by molar-refractivity contribution is 6.02. The molecule has 3 heteroatoms. The van der Waals surface area contributed by atoms with E-state index in [9.17, 15) is 4.79 Å². The summed E-state index contributed by atoms with van der Waals surface area (Å²) < 4.78 is 5.20. The molecule has 0 saturated carbocycles. The highest BCUT2D eigenvalue weighted by atomic mass is 16.5. The molecule has 1 unspecified atom stereocenters. The zero-order chi connectivity index (χ0) is 12.3. The second-order valence-corrected chi connectivity index (χ2v) is 4.08. The quantitative estimate of drug-likeness (QED) is 0.628. The minimum Gasteiger partial charge on any atom is -0.496 e. The van der Waals surface area contributed by atoms with Gasteiger partial charge in [-0.3, -0.25) is 4.79 Å². The average molecular weight is 221 g/mol. The Morgan fingerprint density at radius 1 is 1.50 bits per heavy atom. The first-order valence-corrected chi connectivity index (χ1v) is 5.49. The highest BCUT2D eigenvalue weighted by Gasteiger charge is 2.17. The number of Topliss-reactive ketones (excluding diaryl/α,β-unsaturated/α-hetero) is 1. The number of hydrogen-bond acceptors (Lipinski definition) is 3. The molecular weight excluding hydrogens is 202 g/mol. The largest absolute Gasteiger partial charge is 0.496 e. The fourth-order valence-electron chi connectivity index (χ4n) is 1.59. The van der Waals surface area contributed by atoms with Gasteiger partial charge in [0.1, 0.15) is 5.75 Å². The highest BCUT2D eigenvalue weighted by Crippen LogP contribution is 2.27. The van der Waals surface area contributed by atoms with Crippen LogP contribution in [0.2, 0.25) is 0 Å². The van der Waals surface area contributed by atoms with Crippen LogP contribution in [-0.2, 0) is 0 Å². The molecule has 0 aliphatic rings. The maximum absolute atomic E-state index is 12.0. The van der Waals surface area contributed by atoms with E-state index in [1.165, 1.54) is 0 Å². The summed E-state index contributed by atoms with van der Waals surface area (Å²) in [5.41, 5.74) is 7.90. The number of rotatable bonds is 4. The van der Waals surface area contributed by atoms with E-state index in [2.05, 4.69) is 0 Å². The molecule has 16 heavy (non-hydrogen) atoms. The molecule has 0 aromatic heterocycles. The lowest BCUT2D eigenvalue weighted by molar-refractivity contribution is 0.0928. The monoisotopic (exact) mass is 221 g/mol. The molecule has 0 bridgehead atoms. The zero-order valence-electron chi connectivity index (χ0n) is 10.3. The Bertz CT molecular complexity index is 399. The lowest BCUT2D eigenvalue weighted by Gasteiger charge is -2.13. The van der Waals surface area contributed by atoms with Crippen LogP contribution >= 0.6 is 0 Å². The van der Waals surface area contributed by atoms with Crippen LogP contribution in [0.15, 0.2) is 12.1 Å². The van der Waals surface area contributed by atoms with Crippen molar-refractivity contribution in [2.45, 2.75) is 27.2 Å². The number of nitrogens with two attached hydrogens (primary N) is 1. The Hall–Kier alpha value is -1.51. The van der Waals surface area contributed by atoms with E-state index in [1.54, 1.807) is 19.2 Å². The number of methoxy groups -OCH3 is 1. The van der Waals surface area contributed by atoms with Gasteiger partial charge in [0.2, 0.25) is 0 Å². The van der Waals surface area contributed by atoms with E-state index in [4.69, 9.17) is 10.5 Å². The van der Waals surface area contributed by atoms with Gasteiger partial charge in [0.25, 0.3) is 0 Å². The maximum atomic E-state index is 12.0. The molecule has 0 radical (unpaired) electrons. The average Bonchev–Trinajstić information content (AvgIpc) is 2.27. The van der Waals surface area contributed by atoms with Gasteiger partial charge in [0.15, 0.2) is 5.78 Å². The van der Waals surface area contributed by atoms with Gasteiger partial charge in [-0.25, -0.2) is 0 Å². The van der Waals surface area contributed by atoms with Crippen LogP contribution in [0.5, 0.6) is 5.75 Å². The molecule has 0 aliphatic heterocycles. The Balaban J connectivity index is 3.18. The van der Waals surface area contributed by atoms with Crippen molar-refractivity contribution in [2.24, 2.45) is 5.92 Å². The second-order valence-electron chi connectivity index (χ2n) is 4.08. The third-order valence-corrected chi connectivity index (χ3v) is 2.89. The summed E-state index contributed by atoms with van der Waals surface area (Å²) in [5, 5.41) is 0. The SMILES string of the molecule is CCC(C)C(=O)c1cc(OC)c(C)cc1N. The zero-order valence-corrected chi connectivity index (χ0v) is 10.3.